The van der Waals surface area contributed by atoms with Crippen molar-refractivity contribution in [1.29, 1.82) is 0 Å². The average Bonchev–Trinajstić information content (AvgIpc) is 2.60. The van der Waals surface area contributed by atoms with Crippen LogP contribution in [0.4, 0.5) is 0 Å². The van der Waals surface area contributed by atoms with Crippen LogP contribution in [0.15, 0.2) is 60.7 Å². The van der Waals surface area contributed by atoms with Crippen LogP contribution in [0.1, 0.15) is 30.9 Å². The van der Waals surface area contributed by atoms with E-state index in [-0.39, 0.29) is 17.9 Å². The van der Waals surface area contributed by atoms with Gasteiger partial charge in [-0.05, 0) is 37.3 Å². The maximum absolute atomic E-state index is 12.2. The van der Waals surface area contributed by atoms with E-state index in [2.05, 4.69) is 31.2 Å². The minimum absolute atomic E-state index is 0.106. The third-order valence-electron chi connectivity index (χ3n) is 4.52. The Kier molecular flexibility index (Phi) is 5.09. The molecule has 1 fully saturated rings. The van der Waals surface area contributed by atoms with E-state index in [4.69, 9.17) is 4.84 Å². The molecule has 2 aromatic carbocycles. The number of carbonyl (C=O) groups is 1. The number of hydrogen-bond acceptors (Lipinski definition) is 2. The number of hydroxylamine groups is 2. The fourth-order valence-corrected chi connectivity index (χ4v) is 3.09. The first-order valence-corrected chi connectivity index (χ1v) is 8.29. The average molecular weight is 309 g/mol. The molecule has 3 rings (SSSR count). The molecule has 0 N–H and O–H groups in total. The molecule has 0 radical (unpaired) electrons. The summed E-state index contributed by atoms with van der Waals surface area (Å²) in [6.45, 7) is 2.52. The van der Waals surface area contributed by atoms with Gasteiger partial charge in [-0.25, -0.2) is 5.06 Å². The summed E-state index contributed by atoms with van der Waals surface area (Å²) < 4.78 is 0. The first-order chi connectivity index (χ1) is 11.3. The lowest BCUT2D eigenvalue weighted by Crippen LogP contribution is -2.58. The van der Waals surface area contributed by atoms with Gasteiger partial charge in [0.2, 0.25) is 0 Å². The molecule has 0 saturated carbocycles. The van der Waals surface area contributed by atoms with Crippen LogP contribution in [-0.4, -0.2) is 17.0 Å². The first kappa shape index (κ1) is 15.8. The zero-order valence-corrected chi connectivity index (χ0v) is 13.5. The maximum atomic E-state index is 12.2. The summed E-state index contributed by atoms with van der Waals surface area (Å²) in [6, 6.07) is 20.5. The van der Waals surface area contributed by atoms with Crippen molar-refractivity contribution in [2.45, 2.75) is 38.8 Å². The van der Waals surface area contributed by atoms with Crippen LogP contribution < -0.4 is 0 Å². The molecule has 1 heterocycles. The van der Waals surface area contributed by atoms with E-state index in [1.54, 1.807) is 5.06 Å². The molecule has 0 unspecified atom stereocenters. The minimum atomic E-state index is 0.106. The van der Waals surface area contributed by atoms with E-state index in [1.165, 1.54) is 5.56 Å². The topological polar surface area (TPSA) is 29.5 Å². The molecule has 23 heavy (non-hydrogen) atoms. The largest absolute Gasteiger partial charge is 0.272 e. The summed E-state index contributed by atoms with van der Waals surface area (Å²) in [5, 5.41) is 1.54. The van der Waals surface area contributed by atoms with Crippen molar-refractivity contribution >= 4 is 5.91 Å². The number of aryl methyl sites for hydroxylation is 1. The molecular formula is C20H23NO2. The van der Waals surface area contributed by atoms with Crippen molar-refractivity contribution in [3.05, 3.63) is 71.8 Å². The van der Waals surface area contributed by atoms with Crippen molar-refractivity contribution < 1.29 is 9.63 Å². The Morgan fingerprint density at radius 2 is 1.57 bits per heavy atom. The van der Waals surface area contributed by atoms with Crippen LogP contribution in [0.2, 0.25) is 0 Å². The SMILES string of the molecule is C[C@H]1[C@@H](CCCc2ccccc2)C(=O)N1OCc1ccccc1. The van der Waals surface area contributed by atoms with Gasteiger partial charge in [0.25, 0.3) is 5.91 Å². The fraction of sp³-hybridized carbons (Fsp3) is 0.350. The van der Waals surface area contributed by atoms with Crippen molar-refractivity contribution in [2.24, 2.45) is 5.92 Å². The van der Waals surface area contributed by atoms with Gasteiger partial charge in [0.05, 0.1) is 12.0 Å². The fourth-order valence-electron chi connectivity index (χ4n) is 3.09. The van der Waals surface area contributed by atoms with E-state index in [0.717, 1.165) is 24.8 Å². The Labute approximate surface area is 137 Å². The van der Waals surface area contributed by atoms with Crippen molar-refractivity contribution in [2.75, 3.05) is 0 Å². The molecule has 0 aromatic heterocycles. The minimum Gasteiger partial charge on any atom is -0.272 e. The first-order valence-electron chi connectivity index (χ1n) is 8.29. The molecule has 1 aliphatic heterocycles. The summed E-state index contributed by atoms with van der Waals surface area (Å²) in [7, 11) is 0. The Bertz CT molecular complexity index is 627. The molecule has 1 saturated heterocycles. The number of hydrogen-bond donors (Lipinski definition) is 0. The molecule has 2 aromatic rings. The zero-order chi connectivity index (χ0) is 16.1. The molecule has 2 atom stereocenters. The lowest BCUT2D eigenvalue weighted by molar-refractivity contribution is -0.246. The Balaban J connectivity index is 1.42. The van der Waals surface area contributed by atoms with Gasteiger partial charge in [0, 0.05) is 0 Å². The van der Waals surface area contributed by atoms with Crippen molar-refractivity contribution in [3.63, 3.8) is 0 Å². The Morgan fingerprint density at radius 3 is 2.17 bits per heavy atom. The van der Waals surface area contributed by atoms with E-state index in [9.17, 15) is 4.79 Å². The molecular weight excluding hydrogens is 286 g/mol. The number of β-lactam (4-membered cyclic amide) rings is 1. The van der Waals surface area contributed by atoms with Gasteiger partial charge >= 0.3 is 0 Å². The second-order valence-corrected chi connectivity index (χ2v) is 6.15. The third-order valence-corrected chi connectivity index (χ3v) is 4.52. The van der Waals surface area contributed by atoms with Crippen LogP contribution in [0.25, 0.3) is 0 Å². The van der Waals surface area contributed by atoms with Crippen LogP contribution in [0.3, 0.4) is 0 Å². The lowest BCUT2D eigenvalue weighted by Gasteiger charge is -2.43. The van der Waals surface area contributed by atoms with E-state index >= 15 is 0 Å². The van der Waals surface area contributed by atoms with Gasteiger partial charge in [0.1, 0.15) is 6.61 Å². The molecule has 0 spiro atoms. The van der Waals surface area contributed by atoms with E-state index < -0.39 is 0 Å². The summed E-state index contributed by atoms with van der Waals surface area (Å²) in [6.07, 6.45) is 3.00. The van der Waals surface area contributed by atoms with Crippen LogP contribution in [-0.2, 0) is 22.7 Å². The van der Waals surface area contributed by atoms with Crippen LogP contribution >= 0.6 is 0 Å². The number of carbonyl (C=O) groups excluding carboxylic acids is 1. The highest BCUT2D eigenvalue weighted by molar-refractivity contribution is 5.84. The maximum Gasteiger partial charge on any atom is 0.251 e. The Morgan fingerprint density at radius 1 is 0.957 bits per heavy atom. The molecule has 0 bridgehead atoms. The van der Waals surface area contributed by atoms with Gasteiger partial charge in [-0.15, -0.1) is 0 Å². The standard InChI is InChI=1S/C20H23NO2/c1-16-19(14-8-13-17-9-4-2-5-10-17)20(22)21(16)23-15-18-11-6-3-7-12-18/h2-7,9-12,16,19H,8,13-15H2,1H3/t16-,19+/m0/s1. The monoisotopic (exact) mass is 309 g/mol. The summed E-state index contributed by atoms with van der Waals surface area (Å²) in [5.74, 6) is 0.232. The Hall–Kier alpha value is -2.13. The highest BCUT2D eigenvalue weighted by Gasteiger charge is 2.44. The number of rotatable bonds is 7. The summed E-state index contributed by atoms with van der Waals surface area (Å²) in [5.41, 5.74) is 2.42. The van der Waals surface area contributed by atoms with Gasteiger partial charge < -0.3 is 0 Å². The van der Waals surface area contributed by atoms with Crippen LogP contribution in [0, 0.1) is 5.92 Å². The quantitative estimate of drug-likeness (QED) is 0.724. The predicted molar refractivity (Wildman–Crippen MR) is 90.4 cm³/mol. The summed E-state index contributed by atoms with van der Waals surface area (Å²) in [4.78, 5) is 17.9. The molecule has 3 nitrogen and oxygen atoms in total. The lowest BCUT2D eigenvalue weighted by atomic mass is 9.86. The van der Waals surface area contributed by atoms with Gasteiger partial charge in [-0.3, -0.25) is 9.63 Å². The second-order valence-electron chi connectivity index (χ2n) is 6.15. The molecule has 120 valence electrons. The van der Waals surface area contributed by atoms with E-state index in [0.29, 0.717) is 6.61 Å². The van der Waals surface area contributed by atoms with E-state index in [1.807, 2.05) is 36.4 Å². The van der Waals surface area contributed by atoms with Crippen molar-refractivity contribution in [1.82, 2.24) is 5.06 Å². The molecule has 0 aliphatic carbocycles. The number of nitrogens with zero attached hydrogens (tertiary/aromatic N) is 1. The summed E-state index contributed by atoms with van der Waals surface area (Å²) >= 11 is 0. The zero-order valence-electron chi connectivity index (χ0n) is 13.5. The molecule has 3 heteroatoms. The van der Waals surface area contributed by atoms with Crippen molar-refractivity contribution in [3.8, 4) is 0 Å². The smallest absolute Gasteiger partial charge is 0.251 e. The third kappa shape index (κ3) is 3.80. The number of benzene rings is 2. The normalized spacial score (nSPS) is 20.4. The molecule has 1 aliphatic rings. The van der Waals surface area contributed by atoms with Crippen LogP contribution in [0.5, 0.6) is 0 Å². The highest BCUT2D eigenvalue weighted by Crippen LogP contribution is 2.31. The van der Waals surface area contributed by atoms with Gasteiger partial charge in [-0.2, -0.15) is 0 Å². The predicted octanol–water partition coefficient (Wildman–Crippen LogP) is 3.99. The second kappa shape index (κ2) is 7.42. The molecule has 1 amide bonds. The highest BCUT2D eigenvalue weighted by atomic mass is 16.7. The number of amides is 1. The van der Waals surface area contributed by atoms with Gasteiger partial charge in [-0.1, -0.05) is 60.7 Å². The van der Waals surface area contributed by atoms with Gasteiger partial charge in [0.15, 0.2) is 0 Å².